The van der Waals surface area contributed by atoms with Gasteiger partial charge in [0.2, 0.25) is 0 Å². The first-order chi connectivity index (χ1) is 23.5. The fourth-order valence-electron chi connectivity index (χ4n) is 6.30. The first-order valence-electron chi connectivity index (χ1n) is 17.2. The summed E-state index contributed by atoms with van der Waals surface area (Å²) in [6, 6.07) is 17.1. The zero-order chi connectivity index (χ0) is 33.3. The van der Waals surface area contributed by atoms with E-state index >= 15 is 0 Å². The molecule has 2 saturated carbocycles. The van der Waals surface area contributed by atoms with Crippen molar-refractivity contribution in [2.45, 2.75) is 82.6 Å². The summed E-state index contributed by atoms with van der Waals surface area (Å²) in [4.78, 5) is 26.1. The summed E-state index contributed by atoms with van der Waals surface area (Å²) in [6.45, 7) is 1.82. The van der Waals surface area contributed by atoms with Crippen LogP contribution >= 0.6 is 11.3 Å². The van der Waals surface area contributed by atoms with E-state index in [4.69, 9.17) is 25.6 Å². The quantitative estimate of drug-likeness (QED) is 0.0633. The Morgan fingerprint density at radius 3 is 2.35 bits per heavy atom. The molecule has 10 heteroatoms. The van der Waals surface area contributed by atoms with Crippen LogP contribution in [0.1, 0.15) is 95.9 Å². The number of thiazole rings is 1. The number of aromatic hydroxyl groups is 1. The highest BCUT2D eigenvalue weighted by Crippen LogP contribution is 2.39. The Morgan fingerprint density at radius 1 is 0.958 bits per heavy atom. The standard InChI is InChI=1S/C38H45N5O4S/c39-36(40)32-18-17-31(24-33(32)44)47-23-6-2-5-22-46-30-15-11-26(12-16-30)35-34(48-37(42-35)27-8-3-1-4-9-27)19-21-43(29-13-14-29)38(45)28-10-7-20-41-25-28/h7,10-12,15-18,20,24-25,27,29,44H,1-6,8-9,13-14,19,21-23H2,(H3,39,40). The first kappa shape index (κ1) is 33.5. The van der Waals surface area contributed by atoms with E-state index in [1.54, 1.807) is 24.5 Å². The smallest absolute Gasteiger partial charge is 0.255 e. The van der Waals surface area contributed by atoms with Crippen LogP contribution < -0.4 is 15.2 Å². The molecule has 2 aliphatic rings. The summed E-state index contributed by atoms with van der Waals surface area (Å²) < 4.78 is 11.8. The number of aromatic nitrogens is 2. The van der Waals surface area contributed by atoms with Gasteiger partial charge in [0.05, 0.1) is 35.0 Å². The molecule has 252 valence electrons. The molecular weight excluding hydrogens is 623 g/mol. The van der Waals surface area contributed by atoms with Gasteiger partial charge in [-0.15, -0.1) is 11.3 Å². The van der Waals surface area contributed by atoms with Crippen molar-refractivity contribution in [1.29, 1.82) is 5.41 Å². The Bertz CT molecular complexity index is 1670. The van der Waals surface area contributed by atoms with Gasteiger partial charge in [0.15, 0.2) is 0 Å². The van der Waals surface area contributed by atoms with E-state index in [0.29, 0.717) is 48.6 Å². The number of ether oxygens (including phenoxy) is 2. The predicted molar refractivity (Wildman–Crippen MR) is 189 cm³/mol. The van der Waals surface area contributed by atoms with Gasteiger partial charge in [-0.25, -0.2) is 4.98 Å². The summed E-state index contributed by atoms with van der Waals surface area (Å²) in [6.07, 6.45) is 15.2. The highest BCUT2D eigenvalue weighted by molar-refractivity contribution is 7.12. The van der Waals surface area contributed by atoms with Crippen molar-refractivity contribution < 1.29 is 19.4 Å². The number of carbonyl (C=O) groups excluding carboxylic acids is 1. The average molecular weight is 668 g/mol. The van der Waals surface area contributed by atoms with Crippen LogP contribution in [0.15, 0.2) is 67.0 Å². The van der Waals surface area contributed by atoms with E-state index in [-0.39, 0.29) is 17.5 Å². The van der Waals surface area contributed by atoms with Gasteiger partial charge in [0, 0.05) is 53.8 Å². The monoisotopic (exact) mass is 667 g/mol. The largest absolute Gasteiger partial charge is 0.507 e. The number of nitrogen functional groups attached to an aromatic ring is 1. The Hall–Kier alpha value is -4.44. The van der Waals surface area contributed by atoms with Crippen molar-refractivity contribution in [3.05, 3.63) is 88.0 Å². The molecule has 0 aliphatic heterocycles. The lowest BCUT2D eigenvalue weighted by Gasteiger charge is -2.22. The van der Waals surface area contributed by atoms with Crippen molar-refractivity contribution in [2.75, 3.05) is 19.8 Å². The van der Waals surface area contributed by atoms with Crippen LogP contribution in [0.2, 0.25) is 0 Å². The molecule has 0 spiro atoms. The molecule has 0 unspecified atom stereocenters. The van der Waals surface area contributed by atoms with Crippen LogP contribution in [-0.4, -0.2) is 57.5 Å². The number of rotatable bonds is 16. The van der Waals surface area contributed by atoms with E-state index in [2.05, 4.69) is 17.1 Å². The number of phenolic OH excluding ortho intramolecular Hbond substituents is 1. The number of amides is 1. The second-order valence-corrected chi connectivity index (χ2v) is 13.9. The summed E-state index contributed by atoms with van der Waals surface area (Å²) in [7, 11) is 0. The minimum absolute atomic E-state index is 0.0522. The van der Waals surface area contributed by atoms with Crippen LogP contribution in [0, 0.1) is 5.41 Å². The molecule has 9 nitrogen and oxygen atoms in total. The lowest BCUT2D eigenvalue weighted by molar-refractivity contribution is 0.0745. The molecular formula is C38H45N5O4S. The van der Waals surface area contributed by atoms with Gasteiger partial charge in [-0.3, -0.25) is 15.2 Å². The predicted octanol–water partition coefficient (Wildman–Crippen LogP) is 7.72. The molecule has 0 saturated heterocycles. The maximum atomic E-state index is 13.4. The maximum Gasteiger partial charge on any atom is 0.255 e. The molecule has 2 heterocycles. The third-order valence-corrected chi connectivity index (χ3v) is 10.4. The van der Waals surface area contributed by atoms with Crippen LogP contribution in [0.25, 0.3) is 11.3 Å². The summed E-state index contributed by atoms with van der Waals surface area (Å²) in [5, 5.41) is 18.7. The normalized spacial score (nSPS) is 14.8. The molecule has 4 aromatic rings. The number of carbonyl (C=O) groups is 1. The molecule has 2 fully saturated rings. The van der Waals surface area contributed by atoms with Crippen LogP contribution in [0.3, 0.4) is 0 Å². The Morgan fingerprint density at radius 2 is 1.69 bits per heavy atom. The summed E-state index contributed by atoms with van der Waals surface area (Å²) in [5.74, 6) is 1.76. The molecule has 1 amide bonds. The van der Waals surface area contributed by atoms with Crippen LogP contribution in [-0.2, 0) is 6.42 Å². The topological polar surface area (TPSA) is 135 Å². The number of hydrogen-bond donors (Lipinski definition) is 3. The van der Waals surface area contributed by atoms with Gasteiger partial charge in [-0.2, -0.15) is 0 Å². The molecule has 48 heavy (non-hydrogen) atoms. The van der Waals surface area contributed by atoms with Gasteiger partial charge in [-0.05, 0) is 93.5 Å². The zero-order valence-corrected chi connectivity index (χ0v) is 28.2. The number of phenols is 1. The van der Waals surface area contributed by atoms with Gasteiger partial charge in [-0.1, -0.05) is 19.3 Å². The average Bonchev–Trinajstić information content (AvgIpc) is 3.86. The number of unbranched alkanes of at least 4 members (excludes halogenated alkanes) is 2. The van der Waals surface area contributed by atoms with Gasteiger partial charge >= 0.3 is 0 Å². The molecule has 4 N–H and O–H groups in total. The third-order valence-electron chi connectivity index (χ3n) is 9.12. The Kier molecular flexibility index (Phi) is 11.2. The van der Waals surface area contributed by atoms with Crippen LogP contribution in [0.4, 0.5) is 0 Å². The molecule has 6 rings (SSSR count). The second kappa shape index (κ2) is 16.1. The number of nitrogens with one attached hydrogen (secondary N) is 1. The highest BCUT2D eigenvalue weighted by Gasteiger charge is 2.33. The van der Waals surface area contributed by atoms with E-state index in [1.165, 1.54) is 48.1 Å². The Balaban J connectivity index is 1.03. The van der Waals surface area contributed by atoms with E-state index < -0.39 is 0 Å². The molecule has 0 bridgehead atoms. The SMILES string of the molecule is N=C(N)c1ccc(OCCCCCOc2ccc(-c3nc(C4CCCCC4)sc3CCN(C(=O)c3cccnc3)C3CC3)cc2)cc1O. The summed E-state index contributed by atoms with van der Waals surface area (Å²) in [5.41, 5.74) is 8.54. The van der Waals surface area contributed by atoms with Crippen molar-refractivity contribution in [3.8, 4) is 28.5 Å². The maximum absolute atomic E-state index is 13.4. The minimum atomic E-state index is -0.173. The van der Waals surface area contributed by atoms with Crippen molar-refractivity contribution >= 4 is 23.1 Å². The van der Waals surface area contributed by atoms with Gasteiger partial charge < -0.3 is 25.2 Å². The molecule has 2 aliphatic carbocycles. The number of nitrogens with zero attached hydrogens (tertiary/aromatic N) is 3. The Labute approximate surface area is 286 Å². The fourth-order valence-corrected chi connectivity index (χ4v) is 7.55. The molecule has 2 aromatic carbocycles. The number of benzene rings is 2. The molecule has 0 radical (unpaired) electrons. The van der Waals surface area contributed by atoms with Crippen molar-refractivity contribution in [2.24, 2.45) is 5.73 Å². The molecule has 0 atom stereocenters. The van der Waals surface area contributed by atoms with Crippen molar-refractivity contribution in [1.82, 2.24) is 14.9 Å². The number of pyridine rings is 1. The van der Waals surface area contributed by atoms with E-state index in [1.807, 2.05) is 40.5 Å². The lowest BCUT2D eigenvalue weighted by Crippen LogP contribution is -2.35. The van der Waals surface area contributed by atoms with Crippen molar-refractivity contribution in [3.63, 3.8) is 0 Å². The van der Waals surface area contributed by atoms with E-state index in [9.17, 15) is 9.90 Å². The first-order valence-corrected chi connectivity index (χ1v) is 18.0. The van der Waals surface area contributed by atoms with Crippen LogP contribution in [0.5, 0.6) is 17.2 Å². The van der Waals surface area contributed by atoms with E-state index in [0.717, 1.165) is 55.5 Å². The minimum Gasteiger partial charge on any atom is -0.507 e. The second-order valence-electron chi connectivity index (χ2n) is 12.8. The third kappa shape index (κ3) is 8.72. The number of hydrogen-bond acceptors (Lipinski definition) is 8. The number of amidine groups is 1. The highest BCUT2D eigenvalue weighted by atomic mass is 32.1. The zero-order valence-electron chi connectivity index (χ0n) is 27.4. The van der Waals surface area contributed by atoms with Gasteiger partial charge in [0.25, 0.3) is 5.91 Å². The summed E-state index contributed by atoms with van der Waals surface area (Å²) >= 11 is 1.84. The number of nitrogens with two attached hydrogens (primary N) is 1. The fraction of sp³-hybridized carbons (Fsp3) is 0.421. The van der Waals surface area contributed by atoms with Gasteiger partial charge in [0.1, 0.15) is 23.1 Å². The molecule has 2 aromatic heterocycles. The lowest BCUT2D eigenvalue weighted by atomic mass is 9.90.